The van der Waals surface area contributed by atoms with Crippen LogP contribution in [0.5, 0.6) is 11.6 Å². The van der Waals surface area contributed by atoms with Gasteiger partial charge in [0, 0.05) is 17.5 Å². The van der Waals surface area contributed by atoms with Crippen molar-refractivity contribution >= 4 is 23.2 Å². The van der Waals surface area contributed by atoms with Crippen LogP contribution in [0.15, 0.2) is 24.3 Å². The Kier molecular flexibility index (Phi) is 3.97. The zero-order valence-corrected chi connectivity index (χ0v) is 11.5. The number of nitrogens with zero attached hydrogens (tertiary/aromatic N) is 2. The van der Waals surface area contributed by atoms with E-state index in [9.17, 15) is 5.21 Å². The molecule has 0 fully saturated rings. The number of hydrogen-bond donors (Lipinski definition) is 2. The van der Waals surface area contributed by atoms with Gasteiger partial charge in [-0.25, -0.2) is 0 Å². The Bertz CT molecular complexity index is 671. The van der Waals surface area contributed by atoms with Gasteiger partial charge in [-0.1, -0.05) is 30.1 Å². The van der Waals surface area contributed by atoms with Gasteiger partial charge >= 0.3 is 0 Å². The smallest absolute Gasteiger partial charge is 0.224 e. The van der Waals surface area contributed by atoms with Crippen LogP contribution < -0.4 is 10.2 Å². The summed E-state index contributed by atoms with van der Waals surface area (Å²) in [7, 11) is 0. The molecule has 0 bridgehead atoms. The molecule has 5 nitrogen and oxygen atoms in total. The van der Waals surface area contributed by atoms with E-state index in [1.165, 1.54) is 6.07 Å². The molecule has 0 spiro atoms. The van der Waals surface area contributed by atoms with Crippen LogP contribution in [0, 0.1) is 5.41 Å². The predicted molar refractivity (Wildman–Crippen MR) is 71.2 cm³/mol. The molecule has 0 saturated heterocycles. The number of ether oxygens (including phenoxy) is 1. The SMILES string of the molecule is CCc1nc(Oc2ccc(Cl)cc2Cl)cc(=N)n1O. The second-order valence-corrected chi connectivity index (χ2v) is 4.58. The fourth-order valence-corrected chi connectivity index (χ4v) is 1.92. The van der Waals surface area contributed by atoms with E-state index < -0.39 is 0 Å². The van der Waals surface area contributed by atoms with Gasteiger partial charge in [-0.15, -0.1) is 0 Å². The predicted octanol–water partition coefficient (Wildman–Crippen LogP) is 3.26. The lowest BCUT2D eigenvalue weighted by molar-refractivity contribution is 0.154. The van der Waals surface area contributed by atoms with Gasteiger partial charge in [0.05, 0.1) is 5.02 Å². The molecule has 0 amide bonds. The summed E-state index contributed by atoms with van der Waals surface area (Å²) in [6.45, 7) is 1.81. The van der Waals surface area contributed by atoms with Crippen LogP contribution in [0.2, 0.25) is 10.0 Å². The molecular weight excluding hydrogens is 289 g/mol. The van der Waals surface area contributed by atoms with Crippen molar-refractivity contribution in [2.75, 3.05) is 0 Å². The van der Waals surface area contributed by atoms with Crippen molar-refractivity contribution in [3.05, 3.63) is 45.6 Å². The number of rotatable bonds is 3. The van der Waals surface area contributed by atoms with Gasteiger partial charge in [-0.3, -0.25) is 5.41 Å². The maximum atomic E-state index is 9.55. The number of aromatic nitrogens is 2. The molecule has 100 valence electrons. The maximum absolute atomic E-state index is 9.55. The molecule has 0 atom stereocenters. The lowest BCUT2D eigenvalue weighted by Gasteiger charge is -2.10. The topological polar surface area (TPSA) is 71.1 Å². The van der Waals surface area contributed by atoms with Crippen molar-refractivity contribution in [1.82, 2.24) is 9.71 Å². The Balaban J connectivity index is 2.38. The number of nitrogens with one attached hydrogen (secondary N) is 1. The van der Waals surface area contributed by atoms with E-state index in [0.29, 0.717) is 32.8 Å². The van der Waals surface area contributed by atoms with Crippen molar-refractivity contribution in [2.45, 2.75) is 13.3 Å². The number of benzene rings is 1. The van der Waals surface area contributed by atoms with Crippen LogP contribution in [-0.4, -0.2) is 14.9 Å². The average molecular weight is 300 g/mol. The van der Waals surface area contributed by atoms with Gasteiger partial charge in [-0.05, 0) is 18.2 Å². The first-order valence-corrected chi connectivity index (χ1v) is 6.26. The first-order valence-electron chi connectivity index (χ1n) is 5.51. The lowest BCUT2D eigenvalue weighted by atomic mass is 10.3. The number of aryl methyl sites for hydroxylation is 1. The Morgan fingerprint density at radius 2 is 2.11 bits per heavy atom. The summed E-state index contributed by atoms with van der Waals surface area (Å²) in [5, 5.41) is 18.0. The molecule has 0 aliphatic heterocycles. The molecule has 0 saturated carbocycles. The van der Waals surface area contributed by atoms with Crippen LogP contribution in [-0.2, 0) is 6.42 Å². The van der Waals surface area contributed by atoms with Crippen LogP contribution >= 0.6 is 23.2 Å². The summed E-state index contributed by atoms with van der Waals surface area (Å²) in [6.07, 6.45) is 0.466. The molecular formula is C12H11Cl2N3O2. The largest absolute Gasteiger partial charge is 0.437 e. The highest BCUT2D eigenvalue weighted by Crippen LogP contribution is 2.30. The standard InChI is InChI=1S/C12H11Cl2N3O2/c1-2-11-16-12(6-10(15)17(11)18)19-9-4-3-7(13)5-8(9)14/h3-6,15,18H,2H2,1H3. The summed E-state index contributed by atoms with van der Waals surface area (Å²) in [4.78, 5) is 4.09. The van der Waals surface area contributed by atoms with Crippen molar-refractivity contribution in [3.8, 4) is 11.6 Å². The van der Waals surface area contributed by atoms with Gasteiger partial charge in [0.25, 0.3) is 0 Å². The maximum Gasteiger partial charge on any atom is 0.224 e. The van der Waals surface area contributed by atoms with E-state index in [4.69, 9.17) is 33.3 Å². The van der Waals surface area contributed by atoms with E-state index >= 15 is 0 Å². The molecule has 1 aromatic carbocycles. The summed E-state index contributed by atoms with van der Waals surface area (Å²) < 4.78 is 6.20. The van der Waals surface area contributed by atoms with E-state index in [2.05, 4.69) is 4.98 Å². The highest BCUT2D eigenvalue weighted by molar-refractivity contribution is 6.35. The van der Waals surface area contributed by atoms with Gasteiger partial charge in [0.15, 0.2) is 11.3 Å². The monoisotopic (exact) mass is 299 g/mol. The molecule has 0 aliphatic rings. The molecule has 2 aromatic rings. The zero-order chi connectivity index (χ0) is 14.0. The minimum absolute atomic E-state index is 0.119. The first-order chi connectivity index (χ1) is 9.01. The van der Waals surface area contributed by atoms with Crippen LogP contribution in [0.3, 0.4) is 0 Å². The fraction of sp³-hybridized carbons (Fsp3) is 0.167. The zero-order valence-electron chi connectivity index (χ0n) is 10.0. The van der Waals surface area contributed by atoms with E-state index in [-0.39, 0.29) is 11.4 Å². The highest BCUT2D eigenvalue weighted by Gasteiger charge is 2.08. The third kappa shape index (κ3) is 3.00. The van der Waals surface area contributed by atoms with Gasteiger partial charge in [0.1, 0.15) is 5.75 Å². The normalized spacial score (nSPS) is 10.5. The molecule has 1 heterocycles. The lowest BCUT2D eigenvalue weighted by Crippen LogP contribution is -2.22. The van der Waals surface area contributed by atoms with E-state index in [0.717, 1.165) is 0 Å². The molecule has 0 unspecified atom stereocenters. The quantitative estimate of drug-likeness (QED) is 0.855. The van der Waals surface area contributed by atoms with Gasteiger partial charge in [0.2, 0.25) is 5.88 Å². The Labute approximate surface area is 119 Å². The third-order valence-electron chi connectivity index (χ3n) is 2.40. The average Bonchev–Trinajstić information content (AvgIpc) is 2.37. The highest BCUT2D eigenvalue weighted by atomic mass is 35.5. The third-order valence-corrected chi connectivity index (χ3v) is 2.93. The number of halogens is 2. The first kappa shape index (κ1) is 13.7. The minimum atomic E-state index is -0.119. The Morgan fingerprint density at radius 1 is 1.37 bits per heavy atom. The van der Waals surface area contributed by atoms with E-state index in [1.807, 2.05) is 6.92 Å². The summed E-state index contributed by atoms with van der Waals surface area (Å²) in [5.41, 5.74) is -0.119. The fourth-order valence-electron chi connectivity index (χ4n) is 1.48. The van der Waals surface area contributed by atoms with Crippen LogP contribution in [0.1, 0.15) is 12.7 Å². The molecule has 7 heteroatoms. The van der Waals surface area contributed by atoms with Crippen molar-refractivity contribution in [1.29, 1.82) is 5.41 Å². The van der Waals surface area contributed by atoms with Gasteiger partial charge < -0.3 is 9.94 Å². The van der Waals surface area contributed by atoms with Crippen LogP contribution in [0.25, 0.3) is 0 Å². The molecule has 1 aromatic heterocycles. The number of hydrogen-bond acceptors (Lipinski definition) is 4. The van der Waals surface area contributed by atoms with Crippen molar-refractivity contribution < 1.29 is 9.94 Å². The second-order valence-electron chi connectivity index (χ2n) is 3.74. The minimum Gasteiger partial charge on any atom is -0.437 e. The Hall–Kier alpha value is -1.72. The molecule has 19 heavy (non-hydrogen) atoms. The summed E-state index contributed by atoms with van der Waals surface area (Å²) in [6, 6.07) is 6.10. The summed E-state index contributed by atoms with van der Waals surface area (Å²) in [5.74, 6) is 0.902. The Morgan fingerprint density at radius 3 is 2.74 bits per heavy atom. The second kappa shape index (κ2) is 5.50. The van der Waals surface area contributed by atoms with Crippen LogP contribution in [0.4, 0.5) is 0 Å². The van der Waals surface area contributed by atoms with Crippen molar-refractivity contribution in [3.63, 3.8) is 0 Å². The molecule has 2 rings (SSSR count). The van der Waals surface area contributed by atoms with Crippen molar-refractivity contribution in [2.24, 2.45) is 0 Å². The molecule has 0 aliphatic carbocycles. The summed E-state index contributed by atoms with van der Waals surface area (Å²) >= 11 is 11.8. The van der Waals surface area contributed by atoms with Gasteiger partial charge in [-0.2, -0.15) is 9.71 Å². The van der Waals surface area contributed by atoms with E-state index in [1.54, 1.807) is 18.2 Å². The molecule has 0 radical (unpaired) electrons. The molecule has 2 N–H and O–H groups in total.